The number of phenols is 1. The van der Waals surface area contributed by atoms with Gasteiger partial charge >= 0.3 is 0 Å². The summed E-state index contributed by atoms with van der Waals surface area (Å²) >= 11 is 1.53. The number of nitrogens with one attached hydrogen (secondary N) is 2. The van der Waals surface area contributed by atoms with Crippen molar-refractivity contribution in [2.45, 2.75) is 58.1 Å². The number of carbonyl (C=O) groups excluding carboxylic acids is 1. The van der Waals surface area contributed by atoms with E-state index in [9.17, 15) is 20.1 Å². The van der Waals surface area contributed by atoms with E-state index in [2.05, 4.69) is 17.6 Å². The number of aliphatic hydroxyl groups excluding tert-OH is 2. The Labute approximate surface area is 214 Å². The molecule has 1 amide bonds. The molecular weight excluding hydrogens is 478 g/mol. The molecule has 5 unspecified atom stereocenters. The number of phenolic OH excluding ortho intramolecular Hbond substituents is 1. The lowest BCUT2D eigenvalue weighted by atomic mass is 9.47. The number of fused-ring (bicyclic) bond motifs is 2. The molecule has 2 heterocycles. The second-order valence-electron chi connectivity index (χ2n) is 10.6. The van der Waals surface area contributed by atoms with Gasteiger partial charge in [-0.25, -0.2) is 4.98 Å². The molecule has 8 nitrogen and oxygen atoms in total. The average molecular weight is 512 g/mol. The number of anilines is 2. The van der Waals surface area contributed by atoms with Crippen LogP contribution in [0, 0.1) is 16.7 Å². The average Bonchev–Trinajstić information content (AvgIpc) is 3.51. The van der Waals surface area contributed by atoms with Gasteiger partial charge in [0.25, 0.3) is 0 Å². The first-order valence-electron chi connectivity index (χ1n) is 12.4. The predicted octanol–water partition coefficient (Wildman–Crippen LogP) is 4.31. The van der Waals surface area contributed by atoms with E-state index in [1.165, 1.54) is 11.3 Å². The second kappa shape index (κ2) is 9.53. The van der Waals surface area contributed by atoms with Crippen molar-refractivity contribution >= 4 is 28.1 Å². The van der Waals surface area contributed by atoms with Crippen LogP contribution in [0.3, 0.4) is 0 Å². The number of rotatable bonds is 7. The molecule has 1 saturated carbocycles. The fourth-order valence-electron chi connectivity index (χ4n) is 6.26. The Morgan fingerprint density at radius 3 is 2.83 bits per heavy atom. The van der Waals surface area contributed by atoms with Crippen LogP contribution >= 0.6 is 11.3 Å². The Morgan fingerprint density at radius 1 is 1.28 bits per heavy atom. The molecule has 2 aromatic heterocycles. The number of nitrogens with zero attached hydrogens (tertiary/aromatic N) is 1. The quantitative estimate of drug-likeness (QED) is 0.320. The highest BCUT2D eigenvalue weighted by atomic mass is 32.1. The smallest absolute Gasteiger partial charge is 0.221 e. The summed E-state index contributed by atoms with van der Waals surface area (Å²) in [4.78, 5) is 19.2. The molecular formula is C27H33N3O5S. The van der Waals surface area contributed by atoms with Gasteiger partial charge in [-0.2, -0.15) is 0 Å². The molecule has 0 bridgehead atoms. The number of amides is 1. The molecule has 9 heteroatoms. The summed E-state index contributed by atoms with van der Waals surface area (Å²) in [5, 5.41) is 38.1. The Balaban J connectivity index is 1.48. The van der Waals surface area contributed by atoms with Crippen molar-refractivity contribution in [3.8, 4) is 5.75 Å². The van der Waals surface area contributed by atoms with E-state index in [1.807, 2.05) is 19.1 Å². The van der Waals surface area contributed by atoms with Crippen molar-refractivity contribution in [3.63, 3.8) is 0 Å². The third-order valence-corrected chi connectivity index (χ3v) is 9.43. The standard InChI is InChI=1S/C27H33N3O5S/c1-26-9-8-22(33)27(2,15-31)21(26)13-20-24(19(26)12-23(34)28-14-18-7-4-10-35-18)30-25(36-20)29-16-5-3-6-17(32)11-16/h3-7,10-11,19,21-22,31-33H,8-9,12-15H2,1-2H3,(H,28,34)(H,29,30). The summed E-state index contributed by atoms with van der Waals surface area (Å²) in [5.74, 6) is 0.590. The lowest BCUT2D eigenvalue weighted by Crippen LogP contribution is -2.57. The minimum atomic E-state index is -0.670. The Hall–Kier alpha value is -2.88. The zero-order chi connectivity index (χ0) is 25.5. The summed E-state index contributed by atoms with van der Waals surface area (Å²) in [6.45, 7) is 4.35. The largest absolute Gasteiger partial charge is 0.508 e. The van der Waals surface area contributed by atoms with Crippen molar-refractivity contribution in [2.24, 2.45) is 16.7 Å². The summed E-state index contributed by atoms with van der Waals surface area (Å²) in [6.07, 6.45) is 3.24. The number of aromatic nitrogens is 1. The first-order valence-corrected chi connectivity index (χ1v) is 13.2. The molecule has 0 radical (unpaired) electrons. The maximum absolute atomic E-state index is 13.1. The lowest BCUT2D eigenvalue weighted by molar-refractivity contribution is -0.144. The van der Waals surface area contributed by atoms with Gasteiger partial charge in [0.1, 0.15) is 11.5 Å². The maximum Gasteiger partial charge on any atom is 0.221 e. The number of benzene rings is 1. The normalized spacial score (nSPS) is 29.3. The first kappa shape index (κ1) is 24.8. The zero-order valence-corrected chi connectivity index (χ0v) is 21.3. The molecule has 1 aromatic carbocycles. The number of aromatic hydroxyl groups is 1. The van der Waals surface area contributed by atoms with Crippen LogP contribution in [0.1, 0.15) is 55.4 Å². The molecule has 2 aliphatic carbocycles. The van der Waals surface area contributed by atoms with Crippen LogP contribution in [0.2, 0.25) is 0 Å². The Bertz CT molecular complexity index is 1230. The molecule has 5 rings (SSSR count). The predicted molar refractivity (Wildman–Crippen MR) is 137 cm³/mol. The van der Waals surface area contributed by atoms with Crippen LogP contribution in [0.4, 0.5) is 10.8 Å². The van der Waals surface area contributed by atoms with Crippen LogP contribution in [0.5, 0.6) is 5.75 Å². The van der Waals surface area contributed by atoms with Gasteiger partial charge in [-0.1, -0.05) is 19.9 Å². The topological polar surface area (TPSA) is 128 Å². The maximum atomic E-state index is 13.1. The SMILES string of the molecule is CC1(CO)C(O)CCC2(C)C(CC(=O)NCc3ccco3)c3nc(Nc4cccc(O)c4)sc3CC12. The van der Waals surface area contributed by atoms with Crippen molar-refractivity contribution < 1.29 is 24.5 Å². The molecule has 2 aliphatic rings. The fourth-order valence-corrected chi connectivity index (χ4v) is 7.35. The van der Waals surface area contributed by atoms with E-state index >= 15 is 0 Å². The minimum absolute atomic E-state index is 0.0109. The zero-order valence-electron chi connectivity index (χ0n) is 20.5. The molecule has 3 aromatic rings. The van der Waals surface area contributed by atoms with E-state index in [1.54, 1.807) is 30.5 Å². The molecule has 192 valence electrons. The first-order chi connectivity index (χ1) is 17.2. The Morgan fingerprint density at radius 2 is 2.11 bits per heavy atom. The third-order valence-electron chi connectivity index (χ3n) is 8.42. The van der Waals surface area contributed by atoms with E-state index in [0.29, 0.717) is 30.3 Å². The van der Waals surface area contributed by atoms with Gasteiger partial charge in [0.15, 0.2) is 5.13 Å². The van der Waals surface area contributed by atoms with Gasteiger partial charge in [0.05, 0.1) is 31.2 Å². The van der Waals surface area contributed by atoms with E-state index in [-0.39, 0.29) is 41.9 Å². The molecule has 1 fully saturated rings. The summed E-state index contributed by atoms with van der Waals surface area (Å²) < 4.78 is 5.35. The number of hydrogen-bond acceptors (Lipinski definition) is 8. The van der Waals surface area contributed by atoms with Gasteiger partial charge in [-0.3, -0.25) is 4.79 Å². The van der Waals surface area contributed by atoms with Crippen molar-refractivity contribution in [3.05, 3.63) is 59.0 Å². The number of carbonyl (C=O) groups is 1. The van der Waals surface area contributed by atoms with Gasteiger partial charge < -0.3 is 30.4 Å². The van der Waals surface area contributed by atoms with Gasteiger partial charge in [0.2, 0.25) is 5.91 Å². The number of hydrogen-bond donors (Lipinski definition) is 5. The van der Waals surface area contributed by atoms with Crippen molar-refractivity contribution in [1.82, 2.24) is 10.3 Å². The lowest BCUT2D eigenvalue weighted by Gasteiger charge is -2.58. The molecule has 0 aliphatic heterocycles. The molecule has 0 spiro atoms. The van der Waals surface area contributed by atoms with E-state index in [4.69, 9.17) is 9.40 Å². The highest BCUT2D eigenvalue weighted by Crippen LogP contribution is 2.62. The van der Waals surface area contributed by atoms with Crippen LogP contribution < -0.4 is 10.6 Å². The molecule has 5 atom stereocenters. The van der Waals surface area contributed by atoms with Gasteiger partial charge in [0, 0.05) is 34.4 Å². The summed E-state index contributed by atoms with van der Waals surface area (Å²) in [7, 11) is 0. The highest BCUT2D eigenvalue weighted by Gasteiger charge is 2.59. The van der Waals surface area contributed by atoms with E-state index in [0.717, 1.165) is 22.7 Å². The monoisotopic (exact) mass is 511 g/mol. The number of thiazole rings is 1. The Kier molecular flexibility index (Phi) is 6.57. The molecule has 5 N–H and O–H groups in total. The second-order valence-corrected chi connectivity index (χ2v) is 11.7. The van der Waals surface area contributed by atoms with Gasteiger partial charge in [-0.15, -0.1) is 11.3 Å². The van der Waals surface area contributed by atoms with Crippen LogP contribution in [0.15, 0.2) is 47.1 Å². The minimum Gasteiger partial charge on any atom is -0.508 e. The van der Waals surface area contributed by atoms with Crippen molar-refractivity contribution in [1.29, 1.82) is 0 Å². The van der Waals surface area contributed by atoms with Crippen LogP contribution in [0.25, 0.3) is 0 Å². The number of aliphatic hydroxyl groups is 2. The van der Waals surface area contributed by atoms with Crippen LogP contribution in [-0.2, 0) is 17.8 Å². The van der Waals surface area contributed by atoms with E-state index < -0.39 is 11.5 Å². The molecule has 36 heavy (non-hydrogen) atoms. The number of furan rings is 1. The van der Waals surface area contributed by atoms with Crippen molar-refractivity contribution in [2.75, 3.05) is 11.9 Å². The summed E-state index contributed by atoms with van der Waals surface area (Å²) in [6, 6.07) is 10.5. The molecule has 0 saturated heterocycles. The van der Waals surface area contributed by atoms with Crippen LogP contribution in [-0.4, -0.2) is 38.9 Å². The summed E-state index contributed by atoms with van der Waals surface area (Å²) in [5.41, 5.74) is 0.651. The van der Waals surface area contributed by atoms with Gasteiger partial charge in [-0.05, 0) is 54.9 Å². The highest BCUT2D eigenvalue weighted by molar-refractivity contribution is 7.15. The third kappa shape index (κ3) is 4.40. The fraction of sp³-hybridized carbons (Fsp3) is 0.481.